The number of hydrogen-bond acceptors (Lipinski definition) is 3. The van der Waals surface area contributed by atoms with Gasteiger partial charge in [-0.1, -0.05) is 6.07 Å². The Balaban J connectivity index is 2.40. The highest BCUT2D eigenvalue weighted by atomic mass is 14.8. The van der Waals surface area contributed by atoms with E-state index in [9.17, 15) is 0 Å². The van der Waals surface area contributed by atoms with Gasteiger partial charge in [0.25, 0.3) is 0 Å². The van der Waals surface area contributed by atoms with E-state index in [1.807, 2.05) is 31.3 Å². The van der Waals surface area contributed by atoms with E-state index in [-0.39, 0.29) is 0 Å². The van der Waals surface area contributed by atoms with Gasteiger partial charge in [0.05, 0.1) is 5.69 Å². The van der Waals surface area contributed by atoms with Crippen LogP contribution >= 0.6 is 0 Å². The van der Waals surface area contributed by atoms with Crippen LogP contribution in [0.4, 0.5) is 5.82 Å². The van der Waals surface area contributed by atoms with Gasteiger partial charge >= 0.3 is 0 Å². The number of pyridine rings is 2. The van der Waals surface area contributed by atoms with Crippen LogP contribution in [0.3, 0.4) is 0 Å². The van der Waals surface area contributed by atoms with Crippen molar-refractivity contribution >= 4 is 5.82 Å². The summed E-state index contributed by atoms with van der Waals surface area (Å²) in [7, 11) is 0. The molecule has 3 heteroatoms. The van der Waals surface area contributed by atoms with Crippen LogP contribution < -0.4 is 5.73 Å². The van der Waals surface area contributed by atoms with E-state index < -0.39 is 0 Å². The smallest absolute Gasteiger partial charge is 0.123 e. The van der Waals surface area contributed by atoms with Crippen molar-refractivity contribution in [2.24, 2.45) is 0 Å². The number of aryl methyl sites for hydroxylation is 1. The van der Waals surface area contributed by atoms with Gasteiger partial charge in [-0.05, 0) is 30.7 Å². The summed E-state index contributed by atoms with van der Waals surface area (Å²) in [5.41, 5.74) is 8.55. The van der Waals surface area contributed by atoms with Crippen molar-refractivity contribution in [3.05, 3.63) is 42.2 Å². The fraction of sp³-hybridized carbons (Fsp3) is 0.0909. The van der Waals surface area contributed by atoms with Crippen LogP contribution in [-0.2, 0) is 0 Å². The van der Waals surface area contributed by atoms with Gasteiger partial charge in [0, 0.05) is 18.0 Å². The maximum atomic E-state index is 5.50. The first kappa shape index (κ1) is 8.69. The largest absolute Gasteiger partial charge is 0.384 e. The average Bonchev–Trinajstić information content (AvgIpc) is 2.21. The van der Waals surface area contributed by atoms with Crippen LogP contribution in [0.1, 0.15) is 5.56 Å². The van der Waals surface area contributed by atoms with Gasteiger partial charge in [0.1, 0.15) is 5.82 Å². The topological polar surface area (TPSA) is 51.8 Å². The van der Waals surface area contributed by atoms with E-state index in [1.54, 1.807) is 12.3 Å². The van der Waals surface area contributed by atoms with Crippen molar-refractivity contribution in [2.45, 2.75) is 6.92 Å². The molecule has 0 bridgehead atoms. The Morgan fingerprint density at radius 2 is 1.86 bits per heavy atom. The summed E-state index contributed by atoms with van der Waals surface area (Å²) in [4.78, 5) is 8.31. The van der Waals surface area contributed by atoms with Gasteiger partial charge < -0.3 is 5.73 Å². The molecule has 0 atom stereocenters. The maximum Gasteiger partial charge on any atom is 0.123 e. The van der Waals surface area contributed by atoms with Crippen LogP contribution in [0, 0.1) is 6.92 Å². The fourth-order valence-corrected chi connectivity index (χ4v) is 1.20. The number of hydrogen-bond donors (Lipinski definition) is 1. The lowest BCUT2D eigenvalue weighted by atomic mass is 10.2. The second-order valence-corrected chi connectivity index (χ2v) is 3.19. The molecule has 0 radical (unpaired) electrons. The van der Waals surface area contributed by atoms with Crippen LogP contribution in [0.15, 0.2) is 36.7 Å². The summed E-state index contributed by atoms with van der Waals surface area (Å²) in [6.07, 6.45) is 3.57. The Hall–Kier alpha value is -1.90. The molecule has 0 spiro atoms. The standard InChI is InChI=1S/C11H11N3/c1-8-2-4-10(13-6-8)9-3-5-11(12)14-7-9/h2-7H,1H3,(H2,12,14). The first-order chi connectivity index (χ1) is 6.75. The summed E-state index contributed by atoms with van der Waals surface area (Å²) in [6.45, 7) is 2.01. The SMILES string of the molecule is Cc1ccc(-c2ccc(N)nc2)nc1. The molecule has 0 amide bonds. The Labute approximate surface area is 82.6 Å². The number of anilines is 1. The van der Waals surface area contributed by atoms with Gasteiger partial charge in [0.2, 0.25) is 0 Å². The molecule has 14 heavy (non-hydrogen) atoms. The molecular weight excluding hydrogens is 174 g/mol. The van der Waals surface area contributed by atoms with Gasteiger partial charge in [-0.15, -0.1) is 0 Å². The average molecular weight is 185 g/mol. The van der Waals surface area contributed by atoms with Crippen molar-refractivity contribution in [2.75, 3.05) is 5.73 Å². The molecule has 0 aromatic carbocycles. The highest BCUT2D eigenvalue weighted by Crippen LogP contribution is 2.16. The fourth-order valence-electron chi connectivity index (χ4n) is 1.20. The zero-order valence-electron chi connectivity index (χ0n) is 7.94. The van der Waals surface area contributed by atoms with Crippen molar-refractivity contribution in [3.8, 4) is 11.3 Å². The molecule has 0 aliphatic heterocycles. The summed E-state index contributed by atoms with van der Waals surface area (Å²) in [6, 6.07) is 7.69. The van der Waals surface area contributed by atoms with Crippen molar-refractivity contribution in [3.63, 3.8) is 0 Å². The maximum absolute atomic E-state index is 5.50. The molecule has 0 aliphatic rings. The van der Waals surface area contributed by atoms with Crippen molar-refractivity contribution < 1.29 is 0 Å². The Bertz CT molecular complexity index is 374. The zero-order valence-corrected chi connectivity index (χ0v) is 7.94. The van der Waals surface area contributed by atoms with Crippen LogP contribution in [0.2, 0.25) is 0 Å². The van der Waals surface area contributed by atoms with Gasteiger partial charge in [-0.3, -0.25) is 4.98 Å². The molecule has 2 aromatic rings. The summed E-state index contributed by atoms with van der Waals surface area (Å²) < 4.78 is 0. The first-order valence-corrected chi connectivity index (χ1v) is 4.40. The molecule has 0 saturated heterocycles. The second-order valence-electron chi connectivity index (χ2n) is 3.19. The normalized spacial score (nSPS) is 10.1. The van der Waals surface area contributed by atoms with Gasteiger partial charge in [-0.2, -0.15) is 0 Å². The van der Waals surface area contributed by atoms with Crippen LogP contribution in [0.25, 0.3) is 11.3 Å². The van der Waals surface area contributed by atoms with Gasteiger partial charge in [0.15, 0.2) is 0 Å². The Kier molecular flexibility index (Phi) is 2.14. The molecule has 0 unspecified atom stereocenters. The van der Waals surface area contributed by atoms with Crippen molar-refractivity contribution in [1.29, 1.82) is 0 Å². The Morgan fingerprint density at radius 1 is 1.00 bits per heavy atom. The zero-order chi connectivity index (χ0) is 9.97. The number of nitrogens with two attached hydrogens (primary N) is 1. The quantitative estimate of drug-likeness (QED) is 0.739. The third-order valence-corrected chi connectivity index (χ3v) is 1.99. The van der Waals surface area contributed by atoms with Crippen molar-refractivity contribution in [1.82, 2.24) is 9.97 Å². The lowest BCUT2D eigenvalue weighted by molar-refractivity contribution is 1.25. The second kappa shape index (κ2) is 3.46. The molecule has 0 saturated carbocycles. The van der Waals surface area contributed by atoms with Crippen LogP contribution in [0.5, 0.6) is 0 Å². The molecule has 2 heterocycles. The number of aromatic nitrogens is 2. The minimum absolute atomic E-state index is 0.529. The minimum Gasteiger partial charge on any atom is -0.384 e. The van der Waals surface area contributed by atoms with E-state index in [0.29, 0.717) is 5.82 Å². The Morgan fingerprint density at radius 3 is 2.43 bits per heavy atom. The predicted octanol–water partition coefficient (Wildman–Crippen LogP) is 2.03. The van der Waals surface area contributed by atoms with Gasteiger partial charge in [-0.25, -0.2) is 4.98 Å². The molecule has 3 nitrogen and oxygen atoms in total. The summed E-state index contributed by atoms with van der Waals surface area (Å²) >= 11 is 0. The molecular formula is C11H11N3. The van der Waals surface area contributed by atoms with E-state index >= 15 is 0 Å². The van der Waals surface area contributed by atoms with E-state index in [0.717, 1.165) is 16.8 Å². The third-order valence-electron chi connectivity index (χ3n) is 1.99. The van der Waals surface area contributed by atoms with E-state index in [2.05, 4.69) is 9.97 Å². The highest BCUT2D eigenvalue weighted by Gasteiger charge is 1.98. The molecule has 2 rings (SSSR count). The highest BCUT2D eigenvalue weighted by molar-refractivity contribution is 5.59. The predicted molar refractivity (Wildman–Crippen MR) is 56.6 cm³/mol. The third kappa shape index (κ3) is 1.71. The lowest BCUT2D eigenvalue weighted by Crippen LogP contribution is -1.90. The van der Waals surface area contributed by atoms with E-state index in [1.165, 1.54) is 0 Å². The molecule has 70 valence electrons. The molecule has 2 aromatic heterocycles. The first-order valence-electron chi connectivity index (χ1n) is 4.40. The van der Waals surface area contributed by atoms with E-state index in [4.69, 9.17) is 5.73 Å². The monoisotopic (exact) mass is 185 g/mol. The summed E-state index contributed by atoms with van der Waals surface area (Å²) in [5.74, 6) is 0.529. The molecule has 0 fully saturated rings. The number of nitrogen functional groups attached to an aromatic ring is 1. The van der Waals surface area contributed by atoms with Crippen LogP contribution in [-0.4, -0.2) is 9.97 Å². The molecule has 2 N–H and O–H groups in total. The summed E-state index contributed by atoms with van der Waals surface area (Å²) in [5, 5.41) is 0. The lowest BCUT2D eigenvalue weighted by Gasteiger charge is -2.00. The minimum atomic E-state index is 0.529. The number of nitrogens with zero attached hydrogens (tertiary/aromatic N) is 2. The number of rotatable bonds is 1. The molecule has 0 aliphatic carbocycles.